The van der Waals surface area contributed by atoms with Gasteiger partial charge in [-0.05, 0) is 53.4 Å². The van der Waals surface area contributed by atoms with E-state index in [1.54, 1.807) is 29.5 Å². The molecule has 3 aromatic carbocycles. The third-order valence-corrected chi connectivity index (χ3v) is 7.77. The lowest BCUT2D eigenvalue weighted by Gasteiger charge is -2.28. The average molecular weight is 514 g/mol. The van der Waals surface area contributed by atoms with Gasteiger partial charge in [-0.15, -0.1) is 11.3 Å². The zero-order chi connectivity index (χ0) is 25.4. The van der Waals surface area contributed by atoms with Crippen molar-refractivity contribution in [3.63, 3.8) is 0 Å². The molecular weight excluding hydrogens is 489 g/mol. The Bertz CT molecular complexity index is 1490. The van der Waals surface area contributed by atoms with Gasteiger partial charge in [-0.3, -0.25) is 9.69 Å². The molecule has 0 fully saturated rings. The summed E-state index contributed by atoms with van der Waals surface area (Å²) in [5.74, 6) is -0.939. The largest absolute Gasteiger partial charge is 0.423 e. The van der Waals surface area contributed by atoms with Crippen LogP contribution >= 0.6 is 11.3 Å². The van der Waals surface area contributed by atoms with Gasteiger partial charge in [0.05, 0.1) is 11.1 Å². The summed E-state index contributed by atoms with van der Waals surface area (Å²) in [4.78, 5) is 29.2. The van der Waals surface area contributed by atoms with Crippen LogP contribution in [-0.4, -0.2) is 23.3 Å². The molecule has 4 aromatic rings. The number of ether oxygens (including phenoxy) is 1. The minimum absolute atomic E-state index is 0.102. The van der Waals surface area contributed by atoms with Gasteiger partial charge in [0.15, 0.2) is 0 Å². The van der Waals surface area contributed by atoms with Crippen LogP contribution in [0.5, 0.6) is 5.75 Å². The second-order valence-corrected chi connectivity index (χ2v) is 10.3. The van der Waals surface area contributed by atoms with Crippen LogP contribution in [0.1, 0.15) is 48.4 Å². The maximum atomic E-state index is 13.5. The second kappa shape index (κ2) is 9.80. The number of anilines is 1. The Morgan fingerprint density at radius 3 is 2.70 bits per heavy atom. The number of carbonyl (C=O) groups excluding carboxylic acids is 2. The van der Waals surface area contributed by atoms with Crippen molar-refractivity contribution >= 4 is 28.2 Å². The fourth-order valence-corrected chi connectivity index (χ4v) is 6.17. The third kappa shape index (κ3) is 4.85. The van der Waals surface area contributed by atoms with Crippen LogP contribution in [0.25, 0.3) is 0 Å². The minimum Gasteiger partial charge on any atom is -0.423 e. The minimum atomic E-state index is -0.648. The van der Waals surface area contributed by atoms with Crippen LogP contribution in [0.4, 0.5) is 9.39 Å². The van der Waals surface area contributed by atoms with E-state index in [2.05, 4.69) is 39.8 Å². The molecule has 0 unspecified atom stereocenters. The zero-order valence-electron chi connectivity index (χ0n) is 19.9. The first-order valence-corrected chi connectivity index (χ1v) is 12.9. The number of hydrogen-bond donors (Lipinski definition) is 2. The van der Waals surface area contributed by atoms with E-state index in [1.165, 1.54) is 28.6 Å². The monoisotopic (exact) mass is 513 g/mol. The summed E-state index contributed by atoms with van der Waals surface area (Å²) >= 11 is 1.63. The number of carbonyl (C=O) groups is 2. The van der Waals surface area contributed by atoms with Crippen LogP contribution in [0.3, 0.4) is 0 Å². The van der Waals surface area contributed by atoms with Gasteiger partial charge in [-0.1, -0.05) is 48.5 Å². The highest BCUT2D eigenvalue weighted by molar-refractivity contribution is 7.16. The Labute approximate surface area is 217 Å². The Balaban J connectivity index is 1.18. The predicted molar refractivity (Wildman–Crippen MR) is 140 cm³/mol. The SMILES string of the molecule is O=C(Oc1cccc([C@@H]2NC(=O)c3c(sc4c3CCN(Cc3ccccc3)C4)N2)c1)c1cccc(F)c1. The van der Waals surface area contributed by atoms with E-state index >= 15 is 0 Å². The molecule has 2 aliphatic rings. The maximum Gasteiger partial charge on any atom is 0.343 e. The molecule has 2 aliphatic heterocycles. The number of esters is 1. The van der Waals surface area contributed by atoms with Gasteiger partial charge >= 0.3 is 5.97 Å². The van der Waals surface area contributed by atoms with Gasteiger partial charge < -0.3 is 15.4 Å². The topological polar surface area (TPSA) is 70.7 Å². The number of fused-ring (bicyclic) bond motifs is 3. The molecule has 2 N–H and O–H groups in total. The molecule has 1 atom stereocenters. The maximum absolute atomic E-state index is 13.5. The van der Waals surface area contributed by atoms with Crippen LogP contribution in [0, 0.1) is 5.82 Å². The van der Waals surface area contributed by atoms with Crippen LogP contribution < -0.4 is 15.4 Å². The van der Waals surface area contributed by atoms with E-state index in [-0.39, 0.29) is 11.5 Å². The smallest absolute Gasteiger partial charge is 0.343 e. The lowest BCUT2D eigenvalue weighted by atomic mass is 10.00. The van der Waals surface area contributed by atoms with Crippen molar-refractivity contribution in [2.45, 2.75) is 25.7 Å². The zero-order valence-corrected chi connectivity index (χ0v) is 20.7. The van der Waals surface area contributed by atoms with Crippen molar-refractivity contribution in [2.24, 2.45) is 0 Å². The number of hydrogen-bond acceptors (Lipinski definition) is 6. The first-order valence-electron chi connectivity index (χ1n) is 12.1. The number of nitrogens with zero attached hydrogens (tertiary/aromatic N) is 1. The van der Waals surface area contributed by atoms with E-state index in [0.29, 0.717) is 5.75 Å². The number of halogens is 1. The molecule has 0 bridgehead atoms. The van der Waals surface area contributed by atoms with Crippen LogP contribution in [0.15, 0.2) is 78.9 Å². The lowest BCUT2D eigenvalue weighted by Crippen LogP contribution is -2.38. The van der Waals surface area contributed by atoms with Gasteiger partial charge in [0.25, 0.3) is 5.91 Å². The van der Waals surface area contributed by atoms with E-state index in [4.69, 9.17) is 4.74 Å². The third-order valence-electron chi connectivity index (χ3n) is 6.63. The summed E-state index contributed by atoms with van der Waals surface area (Å²) in [6, 6.07) is 22.8. The quantitative estimate of drug-likeness (QED) is 0.272. The molecule has 1 aromatic heterocycles. The van der Waals surface area contributed by atoms with Gasteiger partial charge in [0.2, 0.25) is 0 Å². The Hall–Kier alpha value is -4.01. The molecule has 6 rings (SSSR count). The van der Waals surface area contributed by atoms with E-state index in [0.717, 1.165) is 53.8 Å². The van der Waals surface area contributed by atoms with Gasteiger partial charge in [-0.25, -0.2) is 9.18 Å². The number of benzene rings is 3. The summed E-state index contributed by atoms with van der Waals surface area (Å²) < 4.78 is 18.9. The Kier molecular flexibility index (Phi) is 6.20. The molecule has 186 valence electrons. The van der Waals surface area contributed by atoms with Crippen LogP contribution in [-0.2, 0) is 19.5 Å². The van der Waals surface area contributed by atoms with Gasteiger partial charge in [0, 0.05) is 24.5 Å². The number of nitrogens with one attached hydrogen (secondary N) is 2. The van der Waals surface area contributed by atoms with E-state index < -0.39 is 18.0 Å². The molecule has 1 amide bonds. The number of rotatable bonds is 5. The molecule has 8 heteroatoms. The number of amides is 1. The highest BCUT2D eigenvalue weighted by Gasteiger charge is 2.33. The molecular formula is C29H24FN3O3S. The van der Waals surface area contributed by atoms with Crippen molar-refractivity contribution in [1.82, 2.24) is 10.2 Å². The predicted octanol–water partition coefficient (Wildman–Crippen LogP) is 5.52. The van der Waals surface area contributed by atoms with Gasteiger partial charge in [0.1, 0.15) is 22.7 Å². The molecule has 0 aliphatic carbocycles. The van der Waals surface area contributed by atoms with Crippen LogP contribution in [0.2, 0.25) is 0 Å². The fourth-order valence-electron chi connectivity index (χ4n) is 4.85. The Morgan fingerprint density at radius 1 is 1.03 bits per heavy atom. The second-order valence-electron chi connectivity index (χ2n) is 9.18. The lowest BCUT2D eigenvalue weighted by molar-refractivity contribution is 0.0733. The Morgan fingerprint density at radius 2 is 1.86 bits per heavy atom. The molecule has 0 saturated heterocycles. The normalized spacial score (nSPS) is 16.8. The summed E-state index contributed by atoms with van der Waals surface area (Å²) in [7, 11) is 0. The molecule has 0 saturated carbocycles. The summed E-state index contributed by atoms with van der Waals surface area (Å²) in [6.45, 7) is 2.60. The van der Waals surface area contributed by atoms with E-state index in [9.17, 15) is 14.0 Å². The average Bonchev–Trinajstić information content (AvgIpc) is 3.27. The summed E-state index contributed by atoms with van der Waals surface area (Å²) in [5, 5.41) is 7.38. The van der Waals surface area contributed by atoms with Crippen molar-refractivity contribution in [3.8, 4) is 5.75 Å². The van der Waals surface area contributed by atoms with Crippen molar-refractivity contribution in [1.29, 1.82) is 0 Å². The highest BCUT2D eigenvalue weighted by atomic mass is 32.1. The van der Waals surface area contributed by atoms with Crippen molar-refractivity contribution < 1.29 is 18.7 Å². The fraction of sp³-hybridized carbons (Fsp3) is 0.172. The van der Waals surface area contributed by atoms with Gasteiger partial charge in [-0.2, -0.15) is 0 Å². The molecule has 0 spiro atoms. The highest BCUT2D eigenvalue weighted by Crippen LogP contribution is 2.41. The molecule has 3 heterocycles. The van der Waals surface area contributed by atoms with Crippen molar-refractivity contribution in [3.05, 3.63) is 117 Å². The molecule has 6 nitrogen and oxygen atoms in total. The summed E-state index contributed by atoms with van der Waals surface area (Å²) in [6.07, 6.45) is 0.368. The standard InChI is InChI=1S/C29H24FN3O3S/c30-21-10-4-9-20(14-21)29(35)36-22-11-5-8-19(15-22)26-31-27(34)25-23-12-13-33(16-18-6-2-1-3-7-18)17-24(23)37-28(25)32-26/h1-11,14-15,26,32H,12-13,16-17H2,(H,31,34)/t26-/m1/s1. The van der Waals surface area contributed by atoms with Crippen molar-refractivity contribution in [2.75, 3.05) is 11.9 Å². The first-order chi connectivity index (χ1) is 18.0. The molecule has 37 heavy (non-hydrogen) atoms. The first kappa shape index (κ1) is 23.4. The van der Waals surface area contributed by atoms with E-state index in [1.807, 2.05) is 12.1 Å². The number of thiophene rings is 1. The molecule has 0 radical (unpaired) electrons. The summed E-state index contributed by atoms with van der Waals surface area (Å²) in [5.41, 5.74) is 4.03.